The van der Waals surface area contributed by atoms with Crippen LogP contribution >= 0.6 is 0 Å². The van der Waals surface area contributed by atoms with E-state index in [1.807, 2.05) is 0 Å². The molecule has 0 radical (unpaired) electrons. The molecule has 0 aromatic heterocycles. The van der Waals surface area contributed by atoms with Crippen molar-refractivity contribution < 1.29 is 4.79 Å². The summed E-state index contributed by atoms with van der Waals surface area (Å²) < 4.78 is 0. The molecule has 0 heterocycles. The molecule has 4 nitrogen and oxygen atoms in total. The molecular weight excluding hydrogens is 154 g/mol. The van der Waals surface area contributed by atoms with Gasteiger partial charge in [0, 0.05) is 5.57 Å². The van der Waals surface area contributed by atoms with Crippen molar-refractivity contribution in [3.63, 3.8) is 0 Å². The lowest BCUT2D eigenvalue weighted by molar-refractivity contribution is -0.114. The van der Waals surface area contributed by atoms with Crippen LogP contribution in [-0.2, 0) is 4.79 Å². The van der Waals surface area contributed by atoms with Gasteiger partial charge in [-0.1, -0.05) is 6.58 Å². The second-order valence-corrected chi connectivity index (χ2v) is 2.43. The van der Waals surface area contributed by atoms with Gasteiger partial charge in [0.2, 0.25) is 5.91 Å². The standard InChI is InChI=1S/C4H12N2.C4H7NO/c5-3-1-2-4-6;1-3(2)4(5)6/h1-6H2;1H2,2H3,(H2,5,6). The van der Waals surface area contributed by atoms with Crippen LogP contribution in [0, 0.1) is 0 Å². The first-order chi connectivity index (χ1) is 5.56. The molecule has 0 bridgehead atoms. The summed E-state index contributed by atoms with van der Waals surface area (Å²) in [5.74, 6) is -0.435. The van der Waals surface area contributed by atoms with Gasteiger partial charge in [0.05, 0.1) is 0 Å². The number of amides is 1. The van der Waals surface area contributed by atoms with Gasteiger partial charge in [0.15, 0.2) is 0 Å². The van der Waals surface area contributed by atoms with E-state index < -0.39 is 5.91 Å². The predicted molar refractivity (Wildman–Crippen MR) is 51.4 cm³/mol. The Labute approximate surface area is 73.8 Å². The highest BCUT2D eigenvalue weighted by Gasteiger charge is 1.86. The Balaban J connectivity index is 0. The van der Waals surface area contributed by atoms with E-state index in [4.69, 9.17) is 17.2 Å². The van der Waals surface area contributed by atoms with Crippen LogP contribution in [0.2, 0.25) is 0 Å². The predicted octanol–water partition coefficient (Wildman–Crippen LogP) is -0.268. The number of nitrogens with two attached hydrogens (primary N) is 3. The molecule has 0 aliphatic heterocycles. The first-order valence-corrected chi connectivity index (χ1v) is 3.91. The number of primary amides is 1. The third kappa shape index (κ3) is 16.1. The Morgan fingerprint density at radius 1 is 1.25 bits per heavy atom. The minimum Gasteiger partial charge on any atom is -0.366 e. The van der Waals surface area contributed by atoms with E-state index in [-0.39, 0.29) is 0 Å². The van der Waals surface area contributed by atoms with E-state index in [2.05, 4.69) is 6.58 Å². The van der Waals surface area contributed by atoms with Crippen LogP contribution in [0.25, 0.3) is 0 Å². The highest BCUT2D eigenvalue weighted by molar-refractivity contribution is 5.90. The maximum atomic E-state index is 9.82. The number of carbonyl (C=O) groups excluding carboxylic acids is 1. The van der Waals surface area contributed by atoms with Crippen LogP contribution in [0.15, 0.2) is 12.2 Å². The summed E-state index contributed by atoms with van der Waals surface area (Å²) in [6, 6.07) is 0. The Kier molecular flexibility index (Phi) is 11.6. The molecule has 1 amide bonds. The average molecular weight is 173 g/mol. The maximum Gasteiger partial charge on any atom is 0.243 e. The molecule has 0 unspecified atom stereocenters. The summed E-state index contributed by atoms with van der Waals surface area (Å²) >= 11 is 0. The zero-order chi connectivity index (χ0) is 9.98. The number of hydrogen-bond acceptors (Lipinski definition) is 3. The van der Waals surface area contributed by atoms with Crippen molar-refractivity contribution in [1.29, 1.82) is 0 Å². The Bertz CT molecular complexity index is 118. The van der Waals surface area contributed by atoms with Crippen LogP contribution < -0.4 is 17.2 Å². The highest BCUT2D eigenvalue weighted by Crippen LogP contribution is 1.78. The number of rotatable bonds is 4. The van der Waals surface area contributed by atoms with Gasteiger partial charge >= 0.3 is 0 Å². The largest absolute Gasteiger partial charge is 0.366 e. The summed E-state index contributed by atoms with van der Waals surface area (Å²) in [5.41, 5.74) is 15.4. The van der Waals surface area contributed by atoms with Gasteiger partial charge in [-0.05, 0) is 32.9 Å². The second kappa shape index (κ2) is 10.1. The van der Waals surface area contributed by atoms with Gasteiger partial charge < -0.3 is 17.2 Å². The summed E-state index contributed by atoms with van der Waals surface area (Å²) in [4.78, 5) is 9.82. The fourth-order valence-corrected chi connectivity index (χ4v) is 0.289. The first kappa shape index (κ1) is 13.7. The van der Waals surface area contributed by atoms with Gasteiger partial charge in [-0.2, -0.15) is 0 Å². The monoisotopic (exact) mass is 173 g/mol. The molecule has 0 aromatic rings. The second-order valence-electron chi connectivity index (χ2n) is 2.43. The molecule has 4 heteroatoms. The van der Waals surface area contributed by atoms with Crippen LogP contribution in [0.3, 0.4) is 0 Å². The van der Waals surface area contributed by atoms with E-state index in [0.717, 1.165) is 25.9 Å². The molecule has 0 atom stereocenters. The van der Waals surface area contributed by atoms with Gasteiger partial charge in [-0.25, -0.2) is 0 Å². The van der Waals surface area contributed by atoms with Crippen molar-refractivity contribution in [2.24, 2.45) is 17.2 Å². The maximum absolute atomic E-state index is 9.82. The molecular formula is C8H19N3O. The van der Waals surface area contributed by atoms with Crippen molar-refractivity contribution in [2.75, 3.05) is 13.1 Å². The highest BCUT2D eigenvalue weighted by atomic mass is 16.1. The Morgan fingerprint density at radius 3 is 1.58 bits per heavy atom. The van der Waals surface area contributed by atoms with Crippen molar-refractivity contribution in [2.45, 2.75) is 19.8 Å². The Hall–Kier alpha value is -0.870. The number of unbranched alkanes of at least 4 members (excludes halogenated alkanes) is 1. The third-order valence-electron chi connectivity index (χ3n) is 1.08. The van der Waals surface area contributed by atoms with E-state index >= 15 is 0 Å². The molecule has 0 aromatic carbocycles. The lowest BCUT2D eigenvalue weighted by Gasteiger charge is -1.87. The lowest BCUT2D eigenvalue weighted by atomic mass is 10.3. The molecule has 0 aliphatic carbocycles. The topological polar surface area (TPSA) is 95.1 Å². The summed E-state index contributed by atoms with van der Waals surface area (Å²) in [7, 11) is 0. The van der Waals surface area contributed by atoms with E-state index in [0.29, 0.717) is 5.57 Å². The smallest absolute Gasteiger partial charge is 0.243 e. The van der Waals surface area contributed by atoms with Crippen molar-refractivity contribution in [3.05, 3.63) is 12.2 Å². The quantitative estimate of drug-likeness (QED) is 0.403. The molecule has 6 N–H and O–H groups in total. The zero-order valence-electron chi connectivity index (χ0n) is 7.68. The van der Waals surface area contributed by atoms with E-state index in [1.165, 1.54) is 0 Å². The van der Waals surface area contributed by atoms with Gasteiger partial charge in [-0.3, -0.25) is 4.79 Å². The molecule has 0 fully saturated rings. The van der Waals surface area contributed by atoms with Crippen LogP contribution in [0.1, 0.15) is 19.8 Å². The van der Waals surface area contributed by atoms with Gasteiger partial charge in [0.1, 0.15) is 0 Å². The SMILES string of the molecule is C=C(C)C(N)=O.NCCCCN. The van der Waals surface area contributed by atoms with Gasteiger partial charge in [-0.15, -0.1) is 0 Å². The molecule has 0 saturated heterocycles. The molecule has 12 heavy (non-hydrogen) atoms. The van der Waals surface area contributed by atoms with Crippen molar-refractivity contribution in [3.8, 4) is 0 Å². The van der Waals surface area contributed by atoms with Crippen molar-refractivity contribution >= 4 is 5.91 Å². The fraction of sp³-hybridized carbons (Fsp3) is 0.625. The molecule has 0 spiro atoms. The summed E-state index contributed by atoms with van der Waals surface area (Å²) in [5, 5.41) is 0. The fourth-order valence-electron chi connectivity index (χ4n) is 0.289. The molecule has 0 saturated carbocycles. The number of hydrogen-bond donors (Lipinski definition) is 3. The third-order valence-corrected chi connectivity index (χ3v) is 1.08. The minimum absolute atomic E-state index is 0.398. The average Bonchev–Trinajstić information content (AvgIpc) is 2.02. The molecule has 72 valence electrons. The lowest BCUT2D eigenvalue weighted by Crippen LogP contribution is -2.10. The minimum atomic E-state index is -0.435. The van der Waals surface area contributed by atoms with Crippen LogP contribution in [-0.4, -0.2) is 19.0 Å². The normalized spacial score (nSPS) is 8.25. The van der Waals surface area contributed by atoms with E-state index in [1.54, 1.807) is 6.92 Å². The molecule has 0 aliphatic rings. The molecule has 0 rings (SSSR count). The summed E-state index contributed by atoms with van der Waals surface area (Å²) in [6.07, 6.45) is 2.13. The van der Waals surface area contributed by atoms with Crippen LogP contribution in [0.4, 0.5) is 0 Å². The van der Waals surface area contributed by atoms with E-state index in [9.17, 15) is 4.79 Å². The van der Waals surface area contributed by atoms with Crippen LogP contribution in [0.5, 0.6) is 0 Å². The van der Waals surface area contributed by atoms with Gasteiger partial charge in [0.25, 0.3) is 0 Å². The zero-order valence-corrected chi connectivity index (χ0v) is 7.68. The number of carbonyl (C=O) groups is 1. The Morgan fingerprint density at radius 2 is 1.50 bits per heavy atom. The first-order valence-electron chi connectivity index (χ1n) is 3.91. The summed E-state index contributed by atoms with van der Waals surface area (Å²) in [6.45, 7) is 6.40. The van der Waals surface area contributed by atoms with Crippen molar-refractivity contribution in [1.82, 2.24) is 0 Å².